The largest absolute Gasteiger partial charge is 0.462 e. The first kappa shape index (κ1) is 30.6. The zero-order valence-electron chi connectivity index (χ0n) is 25.0. The van der Waals surface area contributed by atoms with E-state index in [-0.39, 0.29) is 57.8 Å². The van der Waals surface area contributed by atoms with Crippen LogP contribution in [0.1, 0.15) is 72.6 Å². The van der Waals surface area contributed by atoms with E-state index >= 15 is 0 Å². The number of nitro benzene ring substituents is 2. The molecular formula is C30H39N5O8. The number of fused-ring (bicyclic) bond motifs is 5. The fourth-order valence-electron chi connectivity index (χ4n) is 9.43. The fraction of sp³-hybridized carbons (Fsp3) is 0.667. The Morgan fingerprint density at radius 1 is 1.07 bits per heavy atom. The molecule has 0 heterocycles. The molecule has 1 aromatic carbocycles. The van der Waals surface area contributed by atoms with Crippen molar-refractivity contribution < 1.29 is 24.3 Å². The van der Waals surface area contributed by atoms with Crippen molar-refractivity contribution in [2.24, 2.45) is 45.5 Å². The second-order valence-electron chi connectivity index (χ2n) is 13.3. The summed E-state index contributed by atoms with van der Waals surface area (Å²) in [5.41, 5.74) is 3.69. The maximum atomic E-state index is 11.8. The van der Waals surface area contributed by atoms with E-state index < -0.39 is 21.2 Å². The van der Waals surface area contributed by atoms with E-state index in [2.05, 4.69) is 30.5 Å². The number of carbonyl (C=O) groups excluding carboxylic acids is 1. The summed E-state index contributed by atoms with van der Waals surface area (Å²) in [5.74, 6) is 0.372. The summed E-state index contributed by atoms with van der Waals surface area (Å²) in [6.07, 6.45) is 8.28. The molecule has 13 heteroatoms. The second kappa shape index (κ2) is 11.3. The van der Waals surface area contributed by atoms with Gasteiger partial charge in [0.25, 0.3) is 5.69 Å². The molecule has 4 aliphatic carbocycles. The highest BCUT2D eigenvalue weighted by Gasteiger charge is 2.62. The van der Waals surface area contributed by atoms with Crippen LogP contribution in [0.5, 0.6) is 0 Å². The minimum absolute atomic E-state index is 0.0110. The number of esters is 1. The van der Waals surface area contributed by atoms with Crippen LogP contribution in [0, 0.1) is 70.8 Å². The molecular weight excluding hydrogens is 558 g/mol. The summed E-state index contributed by atoms with van der Waals surface area (Å²) in [7, 11) is 0. The van der Waals surface area contributed by atoms with E-state index in [4.69, 9.17) is 4.74 Å². The van der Waals surface area contributed by atoms with E-state index in [1.54, 1.807) is 0 Å². The van der Waals surface area contributed by atoms with Crippen LogP contribution in [-0.2, 0) is 9.53 Å². The number of anilines is 1. The van der Waals surface area contributed by atoms with Crippen LogP contribution in [0.2, 0.25) is 0 Å². The SMILES string of the molecule is CC(=O)O[C@H]1CC[C@@]2(C)C(=CC[C@@H]3[C@H]4C[C@H](C[N+](=O)[O-])[C@@H](C(C)=NNc5ccc([N+](=O)[O-])cc5[N+](=O)[O-])[C@]4(C)CC[C@H]32)C1. The van der Waals surface area contributed by atoms with Crippen molar-refractivity contribution in [2.45, 2.75) is 78.7 Å². The van der Waals surface area contributed by atoms with Gasteiger partial charge in [-0.1, -0.05) is 25.5 Å². The van der Waals surface area contributed by atoms with Crippen LogP contribution in [0.4, 0.5) is 17.1 Å². The van der Waals surface area contributed by atoms with Crippen LogP contribution in [-0.4, -0.2) is 39.1 Å². The van der Waals surface area contributed by atoms with Gasteiger partial charge in [-0.25, -0.2) is 0 Å². The number of hydrazone groups is 1. The number of ether oxygens (including phenoxy) is 1. The number of benzene rings is 1. The first-order chi connectivity index (χ1) is 20.2. The van der Waals surface area contributed by atoms with Crippen molar-refractivity contribution in [1.29, 1.82) is 0 Å². The summed E-state index contributed by atoms with van der Waals surface area (Å²) in [5, 5.41) is 39.1. The van der Waals surface area contributed by atoms with Gasteiger partial charge in [0.05, 0.1) is 15.9 Å². The molecule has 0 aromatic heterocycles. The van der Waals surface area contributed by atoms with Crippen molar-refractivity contribution in [3.63, 3.8) is 0 Å². The van der Waals surface area contributed by atoms with Crippen molar-refractivity contribution in [3.8, 4) is 0 Å². The number of nitrogens with one attached hydrogen (secondary N) is 1. The second-order valence-corrected chi connectivity index (χ2v) is 13.3. The Hall–Kier alpha value is -3.90. The molecule has 5 rings (SSSR count). The number of non-ortho nitro benzene ring substituents is 1. The highest BCUT2D eigenvalue weighted by Crippen LogP contribution is 2.67. The number of hydrogen-bond donors (Lipinski definition) is 1. The van der Waals surface area contributed by atoms with E-state index in [1.165, 1.54) is 24.6 Å². The molecule has 3 fully saturated rings. The molecule has 0 radical (unpaired) electrons. The summed E-state index contributed by atoms with van der Waals surface area (Å²) < 4.78 is 5.56. The number of nitrogens with zero attached hydrogens (tertiary/aromatic N) is 4. The molecule has 8 atom stereocenters. The molecule has 0 spiro atoms. The van der Waals surface area contributed by atoms with Gasteiger partial charge in [0.15, 0.2) is 0 Å². The molecule has 1 aromatic rings. The Kier molecular flexibility index (Phi) is 8.03. The van der Waals surface area contributed by atoms with Gasteiger partial charge in [0, 0.05) is 41.9 Å². The van der Waals surface area contributed by atoms with Crippen molar-refractivity contribution >= 4 is 28.7 Å². The minimum atomic E-state index is -0.699. The number of allylic oxidation sites excluding steroid dienone is 1. The zero-order chi connectivity index (χ0) is 31.3. The molecule has 0 amide bonds. The highest BCUT2D eigenvalue weighted by molar-refractivity contribution is 5.87. The third kappa shape index (κ3) is 5.49. The number of carbonyl (C=O) groups is 1. The van der Waals surface area contributed by atoms with Crippen LogP contribution >= 0.6 is 0 Å². The van der Waals surface area contributed by atoms with Gasteiger partial charge in [0.2, 0.25) is 6.54 Å². The number of rotatable bonds is 8. The molecule has 13 nitrogen and oxygen atoms in total. The standard InChI is InChI=1S/C30H39N5O8/c1-17(31-32-26-8-6-21(34(39)40)15-27(26)35(41)42)28-19(16-33(37)38)13-25-23-7-5-20-14-22(43-18(2)36)9-11-29(20,3)24(23)10-12-30(25,28)4/h5-6,8,15,19,22-25,28,32H,7,9-14,16H2,1-4H3/t19-,22+,23+,24-,25-,28-,29+,30-/m1/s1. The van der Waals surface area contributed by atoms with Gasteiger partial charge in [-0.2, -0.15) is 5.10 Å². The maximum absolute atomic E-state index is 11.8. The minimum Gasteiger partial charge on any atom is -0.462 e. The molecule has 3 saturated carbocycles. The lowest BCUT2D eigenvalue weighted by Gasteiger charge is -2.58. The van der Waals surface area contributed by atoms with E-state index in [1.807, 2.05) is 6.92 Å². The van der Waals surface area contributed by atoms with Crippen molar-refractivity contribution in [1.82, 2.24) is 0 Å². The van der Waals surface area contributed by atoms with E-state index in [0.717, 1.165) is 44.6 Å². The predicted molar refractivity (Wildman–Crippen MR) is 158 cm³/mol. The lowest BCUT2D eigenvalue weighted by Crippen LogP contribution is -2.51. The fourth-order valence-corrected chi connectivity index (χ4v) is 9.43. The monoisotopic (exact) mass is 597 g/mol. The van der Waals surface area contributed by atoms with Crippen LogP contribution < -0.4 is 5.43 Å². The van der Waals surface area contributed by atoms with Crippen molar-refractivity contribution in [3.05, 3.63) is 60.2 Å². The average molecular weight is 598 g/mol. The molecule has 0 bridgehead atoms. The highest BCUT2D eigenvalue weighted by atomic mass is 16.6. The third-order valence-electron chi connectivity index (χ3n) is 11.1. The Morgan fingerprint density at radius 3 is 2.47 bits per heavy atom. The van der Waals surface area contributed by atoms with Gasteiger partial charge in [0.1, 0.15) is 11.8 Å². The Labute approximate surface area is 249 Å². The Morgan fingerprint density at radius 2 is 1.81 bits per heavy atom. The topological polar surface area (TPSA) is 180 Å². The van der Waals surface area contributed by atoms with Crippen molar-refractivity contribution in [2.75, 3.05) is 12.0 Å². The number of hydrogen-bond acceptors (Lipinski definition) is 10. The normalized spacial score (nSPS) is 35.1. The summed E-state index contributed by atoms with van der Waals surface area (Å²) in [6.45, 7) is 7.66. The van der Waals surface area contributed by atoms with Gasteiger partial charge >= 0.3 is 11.7 Å². The van der Waals surface area contributed by atoms with E-state index in [0.29, 0.717) is 24.0 Å². The molecule has 43 heavy (non-hydrogen) atoms. The summed E-state index contributed by atoms with van der Waals surface area (Å²) in [6, 6.07) is 3.33. The maximum Gasteiger partial charge on any atom is 0.302 e. The van der Waals surface area contributed by atoms with Crippen LogP contribution in [0.25, 0.3) is 0 Å². The number of nitro groups is 3. The van der Waals surface area contributed by atoms with Crippen LogP contribution in [0.3, 0.4) is 0 Å². The summed E-state index contributed by atoms with van der Waals surface area (Å²) in [4.78, 5) is 44.5. The Balaban J connectivity index is 1.43. The third-order valence-corrected chi connectivity index (χ3v) is 11.1. The predicted octanol–water partition coefficient (Wildman–Crippen LogP) is 6.30. The van der Waals surface area contributed by atoms with Crippen LogP contribution in [0.15, 0.2) is 34.9 Å². The lowest BCUT2D eigenvalue weighted by molar-refractivity contribution is -0.489. The van der Waals surface area contributed by atoms with Gasteiger partial charge in [-0.15, -0.1) is 0 Å². The zero-order valence-corrected chi connectivity index (χ0v) is 25.0. The first-order valence-corrected chi connectivity index (χ1v) is 15.0. The smallest absolute Gasteiger partial charge is 0.302 e. The first-order valence-electron chi connectivity index (χ1n) is 15.0. The average Bonchev–Trinajstić information content (AvgIpc) is 3.22. The quantitative estimate of drug-likeness (QED) is 0.118. The van der Waals surface area contributed by atoms with Gasteiger partial charge < -0.3 is 4.74 Å². The molecule has 232 valence electrons. The Bertz CT molecular complexity index is 1410. The van der Waals surface area contributed by atoms with E-state index in [9.17, 15) is 35.1 Å². The van der Waals surface area contributed by atoms with Gasteiger partial charge in [-0.3, -0.25) is 40.6 Å². The van der Waals surface area contributed by atoms with Gasteiger partial charge in [-0.05, 0) is 80.1 Å². The molecule has 0 aliphatic heterocycles. The molecule has 1 N–H and O–H groups in total. The molecule has 0 unspecified atom stereocenters. The molecule has 4 aliphatic rings. The lowest BCUT2D eigenvalue weighted by atomic mass is 9.47. The summed E-state index contributed by atoms with van der Waals surface area (Å²) >= 11 is 0. The molecule has 0 saturated heterocycles.